The van der Waals surface area contributed by atoms with Crippen molar-refractivity contribution in [2.75, 3.05) is 6.61 Å². The second-order valence-corrected chi connectivity index (χ2v) is 11.7. The summed E-state index contributed by atoms with van der Waals surface area (Å²) >= 11 is 2.66. The zero-order valence-electron chi connectivity index (χ0n) is 19.1. The molecule has 0 unspecified atom stereocenters. The Morgan fingerprint density at radius 2 is 1.45 bits per heavy atom. The number of rotatable bonds is 5. The lowest BCUT2D eigenvalue weighted by molar-refractivity contribution is -0.223. The molecule has 3 heterocycles. The van der Waals surface area contributed by atoms with Crippen LogP contribution in [0.4, 0.5) is 0 Å². The number of thioether (sulfide) groups is 2. The Hall–Kier alpha value is -1.39. The van der Waals surface area contributed by atoms with Crippen LogP contribution < -0.4 is 0 Å². The van der Waals surface area contributed by atoms with Crippen LogP contribution in [0.2, 0.25) is 0 Å². The number of carbonyl (C=O) groups is 1. The predicted molar refractivity (Wildman–Crippen MR) is 126 cm³/mol. The van der Waals surface area contributed by atoms with Gasteiger partial charge in [-0.2, -0.15) is 0 Å². The Morgan fingerprint density at radius 1 is 0.818 bits per heavy atom. The molecule has 2 aromatic rings. The van der Waals surface area contributed by atoms with E-state index in [1.54, 1.807) is 0 Å². The molecule has 6 nitrogen and oxygen atoms in total. The van der Waals surface area contributed by atoms with Crippen molar-refractivity contribution in [3.05, 3.63) is 60.7 Å². The molecule has 176 valence electrons. The Labute approximate surface area is 202 Å². The van der Waals surface area contributed by atoms with E-state index in [2.05, 4.69) is 0 Å². The molecule has 5 atom stereocenters. The highest BCUT2D eigenvalue weighted by Gasteiger charge is 2.70. The minimum absolute atomic E-state index is 0.0605. The zero-order valence-corrected chi connectivity index (χ0v) is 20.7. The molecule has 3 aliphatic heterocycles. The molecule has 0 radical (unpaired) electrons. The number of fused-ring (bicyclic) bond motifs is 1. The molecule has 33 heavy (non-hydrogen) atoms. The van der Waals surface area contributed by atoms with E-state index in [4.69, 9.17) is 23.7 Å². The Bertz CT molecular complexity index is 998. The maximum absolute atomic E-state index is 14.3. The van der Waals surface area contributed by atoms with E-state index in [-0.39, 0.29) is 5.12 Å². The zero-order chi connectivity index (χ0) is 23.3. The first kappa shape index (κ1) is 23.4. The predicted octanol–water partition coefficient (Wildman–Crippen LogP) is 4.86. The van der Waals surface area contributed by atoms with Gasteiger partial charge in [-0.25, -0.2) is 0 Å². The average Bonchev–Trinajstić information content (AvgIpc) is 3.38. The van der Waals surface area contributed by atoms with Crippen LogP contribution >= 0.6 is 23.5 Å². The number of carbonyl (C=O) groups excluding carboxylic acids is 1. The molecular formula is C25H28O6S2. The smallest absolute Gasteiger partial charge is 0.215 e. The Balaban J connectivity index is 1.59. The third kappa shape index (κ3) is 4.50. The Morgan fingerprint density at radius 3 is 2.06 bits per heavy atom. The largest absolute Gasteiger partial charge is 0.348 e. The van der Waals surface area contributed by atoms with Gasteiger partial charge in [0.15, 0.2) is 17.9 Å². The summed E-state index contributed by atoms with van der Waals surface area (Å²) in [4.78, 5) is 16.1. The maximum Gasteiger partial charge on any atom is 0.215 e. The van der Waals surface area contributed by atoms with Crippen molar-refractivity contribution >= 4 is 28.6 Å². The molecule has 3 saturated heterocycles. The molecule has 0 amide bonds. The summed E-state index contributed by atoms with van der Waals surface area (Å²) in [5, 5.41) is -0.0605. The number of ether oxygens (including phenoxy) is 5. The summed E-state index contributed by atoms with van der Waals surface area (Å²) in [5.74, 6) is -1.63. The lowest BCUT2D eigenvalue weighted by Crippen LogP contribution is -2.56. The summed E-state index contributed by atoms with van der Waals surface area (Å²) < 4.78 is 29.8. The lowest BCUT2D eigenvalue weighted by atomic mass is 9.94. The van der Waals surface area contributed by atoms with E-state index < -0.39 is 40.9 Å². The third-order valence-corrected chi connectivity index (χ3v) is 8.51. The fourth-order valence-electron chi connectivity index (χ4n) is 4.50. The van der Waals surface area contributed by atoms with Crippen LogP contribution in [-0.4, -0.2) is 52.6 Å². The van der Waals surface area contributed by atoms with Crippen molar-refractivity contribution in [3.8, 4) is 0 Å². The van der Waals surface area contributed by atoms with Crippen LogP contribution in [0.5, 0.6) is 0 Å². The molecule has 5 rings (SSSR count). The molecule has 0 aromatic heterocycles. The van der Waals surface area contributed by atoms with Gasteiger partial charge in [-0.3, -0.25) is 4.79 Å². The first-order valence-electron chi connectivity index (χ1n) is 11.0. The molecule has 0 spiro atoms. The highest BCUT2D eigenvalue weighted by Crippen LogP contribution is 2.56. The second kappa shape index (κ2) is 8.68. The van der Waals surface area contributed by atoms with E-state index in [9.17, 15) is 4.79 Å². The quantitative estimate of drug-likeness (QED) is 0.553. The van der Waals surface area contributed by atoms with Gasteiger partial charge >= 0.3 is 0 Å². The standard InChI is InChI=1S/C25H28O6S2/c1-23(2)27-15-18(29-23)19-25(33-17-13-9-6-10-14-17,20-21(28-19)31-24(3,4)30-20)22(26)32-16-11-7-5-8-12-16/h5-14,18-21H,15H2,1-4H3/t18-,19-,20+,21-,25+/m1/s1. The van der Waals surface area contributed by atoms with Crippen LogP contribution in [0.1, 0.15) is 27.7 Å². The van der Waals surface area contributed by atoms with Crippen LogP contribution in [0.15, 0.2) is 70.5 Å². The highest BCUT2D eigenvalue weighted by atomic mass is 32.2. The number of benzene rings is 2. The fraction of sp³-hybridized carbons (Fsp3) is 0.480. The molecule has 8 heteroatoms. The molecule has 0 N–H and O–H groups in total. The second-order valence-electron chi connectivity index (χ2n) is 9.26. The summed E-state index contributed by atoms with van der Waals surface area (Å²) in [6, 6.07) is 19.5. The van der Waals surface area contributed by atoms with Crippen LogP contribution in [-0.2, 0) is 28.5 Å². The van der Waals surface area contributed by atoms with Gasteiger partial charge < -0.3 is 23.7 Å². The van der Waals surface area contributed by atoms with Gasteiger partial charge in [-0.15, -0.1) is 11.8 Å². The van der Waals surface area contributed by atoms with Gasteiger partial charge in [0.05, 0.1) is 6.61 Å². The topological polar surface area (TPSA) is 63.2 Å². The van der Waals surface area contributed by atoms with Gasteiger partial charge in [0.2, 0.25) is 5.12 Å². The van der Waals surface area contributed by atoms with Crippen molar-refractivity contribution in [1.29, 1.82) is 0 Å². The highest BCUT2D eigenvalue weighted by molar-refractivity contribution is 8.16. The van der Waals surface area contributed by atoms with Gasteiger partial charge in [-0.05, 0) is 52.0 Å². The number of hydrogen-bond acceptors (Lipinski definition) is 8. The van der Waals surface area contributed by atoms with Crippen LogP contribution in [0.25, 0.3) is 0 Å². The van der Waals surface area contributed by atoms with Crippen molar-refractivity contribution < 1.29 is 28.5 Å². The summed E-state index contributed by atoms with van der Waals surface area (Å²) in [6.07, 6.45) is -2.37. The first-order valence-corrected chi connectivity index (χ1v) is 12.7. The van der Waals surface area contributed by atoms with E-state index in [1.807, 2.05) is 88.4 Å². The van der Waals surface area contributed by atoms with E-state index in [0.717, 1.165) is 9.79 Å². The fourth-order valence-corrected chi connectivity index (χ4v) is 7.02. The van der Waals surface area contributed by atoms with Gasteiger partial charge in [0.1, 0.15) is 23.1 Å². The van der Waals surface area contributed by atoms with Crippen molar-refractivity contribution in [3.63, 3.8) is 0 Å². The molecule has 2 aromatic carbocycles. The summed E-state index contributed by atoms with van der Waals surface area (Å²) in [7, 11) is 0. The monoisotopic (exact) mass is 488 g/mol. The van der Waals surface area contributed by atoms with Crippen LogP contribution in [0, 0.1) is 0 Å². The van der Waals surface area contributed by atoms with Crippen LogP contribution in [0.3, 0.4) is 0 Å². The summed E-state index contributed by atoms with van der Waals surface area (Å²) in [6.45, 7) is 7.74. The van der Waals surface area contributed by atoms with E-state index >= 15 is 0 Å². The molecule has 0 saturated carbocycles. The Kier molecular flexibility index (Phi) is 6.14. The van der Waals surface area contributed by atoms with Gasteiger partial charge in [0.25, 0.3) is 0 Å². The molecule has 0 aliphatic carbocycles. The minimum Gasteiger partial charge on any atom is -0.348 e. The van der Waals surface area contributed by atoms with E-state index in [0.29, 0.717) is 6.61 Å². The molecular weight excluding hydrogens is 460 g/mol. The normalized spacial score (nSPS) is 34.3. The minimum atomic E-state index is -1.12. The van der Waals surface area contributed by atoms with Crippen molar-refractivity contribution in [2.45, 2.75) is 78.4 Å². The van der Waals surface area contributed by atoms with Gasteiger partial charge in [-0.1, -0.05) is 48.2 Å². The molecule has 3 fully saturated rings. The first-order chi connectivity index (χ1) is 15.7. The van der Waals surface area contributed by atoms with Gasteiger partial charge in [0, 0.05) is 9.79 Å². The maximum atomic E-state index is 14.3. The SMILES string of the molecule is CC1(C)OC[C@H]([C@H]2O[C@@H]3OC(C)(C)O[C@@H]3[C@]2(Sc2ccccc2)C(=O)Sc2ccccc2)O1. The lowest BCUT2D eigenvalue weighted by Gasteiger charge is -2.38. The molecule has 0 bridgehead atoms. The summed E-state index contributed by atoms with van der Waals surface area (Å²) in [5.41, 5.74) is 0. The van der Waals surface area contributed by atoms with Crippen molar-refractivity contribution in [2.24, 2.45) is 0 Å². The van der Waals surface area contributed by atoms with E-state index in [1.165, 1.54) is 23.5 Å². The average molecular weight is 489 g/mol. The molecule has 3 aliphatic rings. The number of hydrogen-bond donors (Lipinski definition) is 0. The van der Waals surface area contributed by atoms with Crippen molar-refractivity contribution in [1.82, 2.24) is 0 Å². The third-order valence-electron chi connectivity index (χ3n) is 5.85.